The number of ether oxygens (including phenoxy) is 1. The standard InChI is InChI=1S/C22H36N6O3/c1-7-12-25-19-17(14-26-20(23)27-19)11-9-8-10-13-24-18(29)15-28(16(2)3)21(30)31-22(4,5)6/h14,16H,7-8,10,12-13,15H2,1-6H3,(H,24,29)(H3,23,25,26,27). The zero-order chi connectivity index (χ0) is 23.4. The Morgan fingerprint density at radius 2 is 2.00 bits per heavy atom. The van der Waals surface area contributed by atoms with Gasteiger partial charge in [-0.1, -0.05) is 18.8 Å². The molecule has 9 nitrogen and oxygen atoms in total. The minimum atomic E-state index is -0.610. The normalized spacial score (nSPS) is 10.8. The average Bonchev–Trinajstić information content (AvgIpc) is 2.66. The number of carbonyl (C=O) groups is 2. The zero-order valence-electron chi connectivity index (χ0n) is 19.5. The Bertz CT molecular complexity index is 793. The van der Waals surface area contributed by atoms with E-state index in [1.807, 2.05) is 13.8 Å². The van der Waals surface area contributed by atoms with E-state index in [2.05, 4.69) is 39.4 Å². The Labute approximate surface area is 185 Å². The van der Waals surface area contributed by atoms with E-state index in [1.54, 1.807) is 27.0 Å². The predicted molar refractivity (Wildman–Crippen MR) is 122 cm³/mol. The van der Waals surface area contributed by atoms with E-state index in [0.29, 0.717) is 30.8 Å². The molecule has 0 atom stereocenters. The van der Waals surface area contributed by atoms with Crippen molar-refractivity contribution in [3.63, 3.8) is 0 Å². The number of unbranched alkanes of at least 4 members (excludes halogenated alkanes) is 1. The number of carbonyl (C=O) groups excluding carboxylic acids is 2. The van der Waals surface area contributed by atoms with Crippen molar-refractivity contribution in [3.05, 3.63) is 11.8 Å². The molecule has 0 aromatic carbocycles. The molecule has 0 saturated heterocycles. The molecule has 0 aliphatic rings. The molecule has 0 bridgehead atoms. The summed E-state index contributed by atoms with van der Waals surface area (Å²) in [7, 11) is 0. The number of hydrogen-bond acceptors (Lipinski definition) is 7. The molecule has 4 N–H and O–H groups in total. The molecule has 0 aliphatic heterocycles. The fourth-order valence-corrected chi connectivity index (χ4v) is 2.42. The van der Waals surface area contributed by atoms with E-state index >= 15 is 0 Å². The summed E-state index contributed by atoms with van der Waals surface area (Å²) in [5.41, 5.74) is 5.72. The number of anilines is 2. The molecular weight excluding hydrogens is 396 g/mol. The van der Waals surface area contributed by atoms with Gasteiger partial charge in [-0.2, -0.15) is 4.98 Å². The summed E-state index contributed by atoms with van der Waals surface area (Å²) >= 11 is 0. The summed E-state index contributed by atoms with van der Waals surface area (Å²) < 4.78 is 5.37. The lowest BCUT2D eigenvalue weighted by atomic mass is 10.2. The number of nitrogens with zero attached hydrogens (tertiary/aromatic N) is 3. The van der Waals surface area contributed by atoms with Crippen molar-refractivity contribution in [2.24, 2.45) is 0 Å². The molecule has 1 aromatic heterocycles. The van der Waals surface area contributed by atoms with Gasteiger partial charge in [-0.3, -0.25) is 9.69 Å². The molecule has 0 radical (unpaired) electrons. The van der Waals surface area contributed by atoms with Gasteiger partial charge in [-0.25, -0.2) is 9.78 Å². The second-order valence-electron chi connectivity index (χ2n) is 8.37. The van der Waals surface area contributed by atoms with Gasteiger partial charge in [0.2, 0.25) is 11.9 Å². The average molecular weight is 433 g/mol. The van der Waals surface area contributed by atoms with Crippen LogP contribution in [-0.4, -0.2) is 58.1 Å². The van der Waals surface area contributed by atoms with Crippen LogP contribution < -0.4 is 16.4 Å². The lowest BCUT2D eigenvalue weighted by Gasteiger charge is -2.29. The van der Waals surface area contributed by atoms with Gasteiger partial charge in [-0.15, -0.1) is 0 Å². The van der Waals surface area contributed by atoms with Gasteiger partial charge >= 0.3 is 6.09 Å². The smallest absolute Gasteiger partial charge is 0.410 e. The van der Waals surface area contributed by atoms with Crippen molar-refractivity contribution >= 4 is 23.8 Å². The first-order valence-electron chi connectivity index (χ1n) is 10.6. The van der Waals surface area contributed by atoms with E-state index in [1.165, 1.54) is 4.90 Å². The molecule has 0 unspecified atom stereocenters. The largest absolute Gasteiger partial charge is 0.444 e. The van der Waals surface area contributed by atoms with Crippen LogP contribution in [-0.2, 0) is 9.53 Å². The maximum Gasteiger partial charge on any atom is 0.410 e. The van der Waals surface area contributed by atoms with E-state index < -0.39 is 11.7 Å². The van der Waals surface area contributed by atoms with Crippen molar-refractivity contribution in [3.8, 4) is 11.8 Å². The zero-order valence-corrected chi connectivity index (χ0v) is 19.5. The van der Waals surface area contributed by atoms with Gasteiger partial charge in [0, 0.05) is 25.6 Å². The van der Waals surface area contributed by atoms with Gasteiger partial charge in [-0.05, 0) is 47.5 Å². The minimum absolute atomic E-state index is 0.0481. The number of hydrogen-bond donors (Lipinski definition) is 3. The highest BCUT2D eigenvalue weighted by Crippen LogP contribution is 2.12. The van der Waals surface area contributed by atoms with E-state index in [4.69, 9.17) is 10.5 Å². The fourth-order valence-electron chi connectivity index (χ4n) is 2.42. The van der Waals surface area contributed by atoms with Crippen LogP contribution in [0.4, 0.5) is 16.6 Å². The Morgan fingerprint density at radius 1 is 1.29 bits per heavy atom. The van der Waals surface area contributed by atoms with E-state index in [9.17, 15) is 9.59 Å². The highest BCUT2D eigenvalue weighted by atomic mass is 16.6. The summed E-state index contributed by atoms with van der Waals surface area (Å²) in [5.74, 6) is 6.72. The lowest BCUT2D eigenvalue weighted by Crippen LogP contribution is -2.46. The van der Waals surface area contributed by atoms with Crippen molar-refractivity contribution in [1.29, 1.82) is 0 Å². The molecular formula is C22H36N6O3. The maximum atomic E-state index is 12.3. The van der Waals surface area contributed by atoms with Crippen LogP contribution in [0.5, 0.6) is 0 Å². The Hall–Kier alpha value is -3.02. The summed E-state index contributed by atoms with van der Waals surface area (Å²) in [6.45, 7) is 12.3. The van der Waals surface area contributed by atoms with Gasteiger partial charge in [0.15, 0.2) is 0 Å². The molecule has 1 heterocycles. The third-order valence-electron chi connectivity index (χ3n) is 3.94. The van der Waals surface area contributed by atoms with Crippen molar-refractivity contribution in [1.82, 2.24) is 20.2 Å². The molecule has 1 rings (SSSR count). The van der Waals surface area contributed by atoms with Gasteiger partial charge < -0.3 is 21.1 Å². The van der Waals surface area contributed by atoms with Gasteiger partial charge in [0.1, 0.15) is 18.0 Å². The van der Waals surface area contributed by atoms with E-state index in [-0.39, 0.29) is 24.4 Å². The van der Waals surface area contributed by atoms with Crippen LogP contribution in [0.3, 0.4) is 0 Å². The predicted octanol–water partition coefficient (Wildman–Crippen LogP) is 2.77. The van der Waals surface area contributed by atoms with Crippen LogP contribution in [0, 0.1) is 11.8 Å². The van der Waals surface area contributed by atoms with Crippen LogP contribution in [0.2, 0.25) is 0 Å². The molecule has 0 fully saturated rings. The van der Waals surface area contributed by atoms with Crippen LogP contribution >= 0.6 is 0 Å². The second kappa shape index (κ2) is 12.6. The summed E-state index contributed by atoms with van der Waals surface area (Å²) in [6.07, 6.45) is 3.34. The molecule has 0 spiro atoms. The third kappa shape index (κ3) is 10.5. The van der Waals surface area contributed by atoms with Crippen molar-refractivity contribution in [2.45, 2.75) is 72.4 Å². The lowest BCUT2D eigenvalue weighted by molar-refractivity contribution is -0.122. The first kappa shape index (κ1) is 26.0. The third-order valence-corrected chi connectivity index (χ3v) is 3.94. The first-order valence-corrected chi connectivity index (χ1v) is 10.6. The topological polar surface area (TPSA) is 122 Å². The molecule has 172 valence electrons. The highest BCUT2D eigenvalue weighted by Gasteiger charge is 2.25. The molecule has 0 aliphatic carbocycles. The van der Waals surface area contributed by atoms with Crippen LogP contribution in [0.15, 0.2) is 6.20 Å². The fraction of sp³-hybridized carbons (Fsp3) is 0.636. The number of nitrogen functional groups attached to an aromatic ring is 1. The summed E-state index contributed by atoms with van der Waals surface area (Å²) in [5, 5.41) is 6.01. The SMILES string of the molecule is CCCNc1nc(N)ncc1C#CCCCNC(=O)CN(C(=O)OC(C)(C)C)C(C)C. The molecule has 0 saturated carbocycles. The van der Waals surface area contributed by atoms with Crippen molar-refractivity contribution < 1.29 is 14.3 Å². The molecule has 31 heavy (non-hydrogen) atoms. The molecule has 9 heteroatoms. The van der Waals surface area contributed by atoms with Gasteiger partial charge in [0.25, 0.3) is 0 Å². The minimum Gasteiger partial charge on any atom is -0.444 e. The Balaban J connectivity index is 2.48. The number of amides is 2. The maximum absolute atomic E-state index is 12.3. The van der Waals surface area contributed by atoms with Crippen LogP contribution in [0.25, 0.3) is 0 Å². The van der Waals surface area contributed by atoms with Crippen molar-refractivity contribution in [2.75, 3.05) is 30.7 Å². The number of rotatable bonds is 9. The number of aromatic nitrogens is 2. The quantitative estimate of drug-likeness (QED) is 0.405. The number of nitrogens with two attached hydrogens (primary N) is 1. The van der Waals surface area contributed by atoms with Crippen LogP contribution in [0.1, 0.15) is 66.4 Å². The molecule has 1 aromatic rings. The Morgan fingerprint density at radius 3 is 2.61 bits per heavy atom. The summed E-state index contributed by atoms with van der Waals surface area (Å²) in [6, 6.07) is -0.149. The first-order chi connectivity index (χ1) is 14.5. The van der Waals surface area contributed by atoms with Gasteiger partial charge in [0.05, 0.1) is 11.8 Å². The second-order valence-corrected chi connectivity index (χ2v) is 8.37. The summed E-state index contributed by atoms with van der Waals surface area (Å²) in [4.78, 5) is 34.1. The number of nitrogens with one attached hydrogen (secondary N) is 2. The highest BCUT2D eigenvalue weighted by molar-refractivity contribution is 5.82. The molecule has 2 amide bonds. The monoisotopic (exact) mass is 432 g/mol. The Kier molecular flexibility index (Phi) is 10.6. The van der Waals surface area contributed by atoms with E-state index in [0.717, 1.165) is 13.0 Å².